The zero-order chi connectivity index (χ0) is 35.6. The molecule has 1 amide bonds. The predicted octanol–water partition coefficient (Wildman–Crippen LogP) is 8.44. The fourth-order valence-electron chi connectivity index (χ4n) is 11.4. The topological polar surface area (TPSA) is 134 Å². The standard InChI is InChI=1S/C42H70N2O7/c45-40(39-26-31(12-22-38(39)42(48)49)24-29-9-5-2-6-10-29)43-33-13-17-35(18-14-33)51-36-19-15-34(16-20-36)44-50-27-32-25-30(11-21-37(32)41(46)47)23-28-7-3-1-4-8-28/h28-39,44H,1-27H2,(H,43,45)(H,46,47)(H,48,49). The fourth-order valence-corrected chi connectivity index (χ4v) is 11.4. The van der Waals surface area contributed by atoms with E-state index in [9.17, 15) is 24.6 Å². The van der Waals surface area contributed by atoms with Gasteiger partial charge in [-0.1, -0.05) is 64.2 Å². The number of carbonyl (C=O) groups is 3. The van der Waals surface area contributed by atoms with Gasteiger partial charge in [0.15, 0.2) is 0 Å². The van der Waals surface area contributed by atoms with Crippen LogP contribution in [0.25, 0.3) is 0 Å². The Balaban J connectivity index is 0.861. The highest BCUT2D eigenvalue weighted by atomic mass is 16.6. The SMILES string of the molecule is O=C(O)C1CCC(CC2CCCCC2)CC1CONC1CCC(OC2CCC(NC(=O)C3CC(CC4CCCCC4)CCC3C(=O)O)CC2)CC1. The predicted molar refractivity (Wildman–Crippen MR) is 197 cm³/mol. The van der Waals surface area contributed by atoms with Crippen LogP contribution in [0, 0.1) is 47.3 Å². The van der Waals surface area contributed by atoms with Crippen LogP contribution in [-0.2, 0) is 24.0 Å². The maximum atomic E-state index is 13.5. The lowest BCUT2D eigenvalue weighted by molar-refractivity contribution is -0.150. The van der Waals surface area contributed by atoms with Gasteiger partial charge in [0.05, 0.1) is 36.6 Å². The first-order valence-electron chi connectivity index (χ1n) is 21.6. The van der Waals surface area contributed by atoms with Gasteiger partial charge >= 0.3 is 11.9 Å². The highest BCUT2D eigenvalue weighted by molar-refractivity contribution is 5.85. The molecule has 290 valence electrons. The van der Waals surface area contributed by atoms with E-state index < -0.39 is 23.8 Å². The average Bonchev–Trinajstić information content (AvgIpc) is 3.14. The summed E-state index contributed by atoms with van der Waals surface area (Å²) in [6, 6.07) is 0.382. The number of aliphatic carboxylic acids is 2. The van der Waals surface area contributed by atoms with Crippen molar-refractivity contribution in [3.63, 3.8) is 0 Å². The molecule has 0 aromatic carbocycles. The summed E-state index contributed by atoms with van der Waals surface area (Å²) in [4.78, 5) is 43.7. The van der Waals surface area contributed by atoms with Gasteiger partial charge in [-0.3, -0.25) is 14.4 Å². The van der Waals surface area contributed by atoms with Crippen LogP contribution in [0.15, 0.2) is 0 Å². The molecule has 0 spiro atoms. The monoisotopic (exact) mass is 715 g/mol. The average molecular weight is 715 g/mol. The molecule has 6 rings (SSSR count). The van der Waals surface area contributed by atoms with Crippen molar-refractivity contribution in [3.05, 3.63) is 0 Å². The number of hydroxylamine groups is 1. The molecule has 0 bridgehead atoms. The van der Waals surface area contributed by atoms with Crippen molar-refractivity contribution in [2.75, 3.05) is 6.61 Å². The number of carboxylic acids is 2. The Morgan fingerprint density at radius 3 is 1.57 bits per heavy atom. The summed E-state index contributed by atoms with van der Waals surface area (Å²) in [5, 5.41) is 23.1. The quantitative estimate of drug-likeness (QED) is 0.132. The minimum absolute atomic E-state index is 0.0330. The van der Waals surface area contributed by atoms with E-state index in [1.165, 1.54) is 70.6 Å². The van der Waals surface area contributed by atoms with Crippen molar-refractivity contribution in [2.45, 2.75) is 191 Å². The van der Waals surface area contributed by atoms with Crippen LogP contribution in [0.4, 0.5) is 0 Å². The Kier molecular flexibility index (Phi) is 15.0. The lowest BCUT2D eigenvalue weighted by atomic mass is 9.69. The number of carbonyl (C=O) groups excluding carboxylic acids is 1. The van der Waals surface area contributed by atoms with Gasteiger partial charge in [-0.05, 0) is 132 Å². The Hall–Kier alpha value is -1.71. The first kappa shape index (κ1) is 39.0. The fraction of sp³-hybridized carbons (Fsp3) is 0.929. The minimum atomic E-state index is -0.811. The molecule has 0 aromatic rings. The van der Waals surface area contributed by atoms with Crippen LogP contribution in [0.2, 0.25) is 0 Å². The maximum Gasteiger partial charge on any atom is 0.307 e. The third-order valence-electron chi connectivity index (χ3n) is 14.4. The van der Waals surface area contributed by atoms with Crippen LogP contribution in [0.5, 0.6) is 0 Å². The summed E-state index contributed by atoms with van der Waals surface area (Å²) in [5.74, 6) is 0.0300. The Morgan fingerprint density at radius 1 is 0.510 bits per heavy atom. The molecule has 0 saturated heterocycles. The maximum absolute atomic E-state index is 13.5. The molecule has 6 saturated carbocycles. The van der Waals surface area contributed by atoms with E-state index in [2.05, 4.69) is 10.8 Å². The van der Waals surface area contributed by atoms with Gasteiger partial charge < -0.3 is 25.1 Å². The van der Waals surface area contributed by atoms with Crippen LogP contribution in [-0.4, -0.2) is 59.0 Å². The first-order chi connectivity index (χ1) is 24.8. The normalized spacial score (nSPS) is 37.4. The third kappa shape index (κ3) is 11.6. The number of hydrogen-bond donors (Lipinski definition) is 4. The van der Waals surface area contributed by atoms with Gasteiger partial charge in [0.2, 0.25) is 5.91 Å². The van der Waals surface area contributed by atoms with E-state index in [1.807, 2.05) is 0 Å². The second-order valence-electron chi connectivity index (χ2n) is 18.1. The van der Waals surface area contributed by atoms with Crippen molar-refractivity contribution in [3.8, 4) is 0 Å². The lowest BCUT2D eigenvalue weighted by Gasteiger charge is -2.38. The molecule has 0 heterocycles. The molecular formula is C42H70N2O7. The molecule has 0 aromatic heterocycles. The smallest absolute Gasteiger partial charge is 0.307 e. The molecule has 51 heavy (non-hydrogen) atoms. The van der Waals surface area contributed by atoms with E-state index in [0.29, 0.717) is 24.9 Å². The second-order valence-corrected chi connectivity index (χ2v) is 18.1. The molecule has 6 aliphatic rings. The number of rotatable bonds is 14. The Morgan fingerprint density at radius 2 is 1.02 bits per heavy atom. The van der Waals surface area contributed by atoms with Crippen molar-refractivity contribution in [1.29, 1.82) is 0 Å². The van der Waals surface area contributed by atoms with Crippen molar-refractivity contribution in [1.82, 2.24) is 10.8 Å². The van der Waals surface area contributed by atoms with E-state index in [4.69, 9.17) is 9.57 Å². The summed E-state index contributed by atoms with van der Waals surface area (Å²) in [6.45, 7) is 0.479. The summed E-state index contributed by atoms with van der Waals surface area (Å²) >= 11 is 0. The lowest BCUT2D eigenvalue weighted by Crippen LogP contribution is -2.47. The molecule has 9 nitrogen and oxygen atoms in total. The van der Waals surface area contributed by atoms with Crippen molar-refractivity contribution < 1.29 is 34.2 Å². The highest BCUT2D eigenvalue weighted by Gasteiger charge is 2.41. The van der Waals surface area contributed by atoms with E-state index in [-0.39, 0.29) is 42.0 Å². The molecule has 0 aliphatic heterocycles. The largest absolute Gasteiger partial charge is 0.481 e. The van der Waals surface area contributed by atoms with E-state index in [1.54, 1.807) is 0 Å². The summed E-state index contributed by atoms with van der Waals surface area (Å²) in [6.07, 6.45) is 28.9. The molecule has 6 fully saturated rings. The summed E-state index contributed by atoms with van der Waals surface area (Å²) in [5.41, 5.74) is 3.31. The first-order valence-corrected chi connectivity index (χ1v) is 21.6. The number of carboxylic acid groups (broad SMARTS) is 2. The Bertz CT molecular complexity index is 1090. The van der Waals surface area contributed by atoms with Gasteiger partial charge in [0.25, 0.3) is 0 Å². The third-order valence-corrected chi connectivity index (χ3v) is 14.4. The molecule has 9 heteroatoms. The number of amides is 1. The molecule has 4 N–H and O–H groups in total. The number of nitrogens with one attached hydrogen (secondary N) is 2. The van der Waals surface area contributed by atoms with Gasteiger partial charge in [-0.15, -0.1) is 0 Å². The van der Waals surface area contributed by atoms with Crippen molar-refractivity contribution >= 4 is 17.8 Å². The second kappa shape index (κ2) is 19.6. The highest BCUT2D eigenvalue weighted by Crippen LogP contribution is 2.42. The van der Waals surface area contributed by atoms with Crippen molar-refractivity contribution in [2.24, 2.45) is 47.3 Å². The van der Waals surface area contributed by atoms with Gasteiger partial charge in [0, 0.05) is 12.1 Å². The van der Waals surface area contributed by atoms with E-state index in [0.717, 1.165) is 102 Å². The zero-order valence-electron chi connectivity index (χ0n) is 31.5. The number of hydrogen-bond acceptors (Lipinski definition) is 6. The zero-order valence-corrected chi connectivity index (χ0v) is 31.5. The number of ether oxygens (including phenoxy) is 1. The van der Waals surface area contributed by atoms with Gasteiger partial charge in [0.1, 0.15) is 0 Å². The molecular weight excluding hydrogens is 644 g/mol. The molecule has 6 atom stereocenters. The Labute approximate surface area is 307 Å². The summed E-state index contributed by atoms with van der Waals surface area (Å²) < 4.78 is 6.57. The molecule has 6 unspecified atom stereocenters. The van der Waals surface area contributed by atoms with Crippen LogP contribution in [0.1, 0.15) is 167 Å². The van der Waals surface area contributed by atoms with E-state index >= 15 is 0 Å². The van der Waals surface area contributed by atoms with Gasteiger partial charge in [-0.25, -0.2) is 0 Å². The van der Waals surface area contributed by atoms with Crippen LogP contribution < -0.4 is 10.8 Å². The summed E-state index contributed by atoms with van der Waals surface area (Å²) in [7, 11) is 0. The molecule has 6 aliphatic carbocycles. The minimum Gasteiger partial charge on any atom is -0.481 e. The molecule has 0 radical (unpaired) electrons. The van der Waals surface area contributed by atoms with Crippen LogP contribution in [0.3, 0.4) is 0 Å². The van der Waals surface area contributed by atoms with Gasteiger partial charge in [-0.2, -0.15) is 5.48 Å². The van der Waals surface area contributed by atoms with Crippen LogP contribution >= 0.6 is 0 Å².